The zero-order chi connectivity index (χ0) is 28.3. The van der Waals surface area contributed by atoms with Crippen LogP contribution in [-0.2, 0) is 14.3 Å². The maximum atomic E-state index is 12.4. The number of amides is 2. The molecule has 2 atom stereocenters. The van der Waals surface area contributed by atoms with Gasteiger partial charge in [0.2, 0.25) is 5.91 Å². The van der Waals surface area contributed by atoms with Crippen LogP contribution in [0.1, 0.15) is 53.4 Å². The number of fused-ring (bicyclic) bond motifs is 1. The molecule has 0 aromatic carbocycles. The van der Waals surface area contributed by atoms with Gasteiger partial charge in [-0.1, -0.05) is 6.92 Å². The molecule has 2 aromatic heterocycles. The Hall–Kier alpha value is -3.46. The number of nitriles is 1. The van der Waals surface area contributed by atoms with Crippen molar-refractivity contribution in [2.24, 2.45) is 5.92 Å². The van der Waals surface area contributed by atoms with Gasteiger partial charge in [-0.3, -0.25) is 9.36 Å². The lowest BCUT2D eigenvalue weighted by atomic mass is 9.92. The normalized spacial score (nSPS) is 20.4. The summed E-state index contributed by atoms with van der Waals surface area (Å²) in [7, 11) is 1.98. The lowest BCUT2D eigenvalue weighted by Gasteiger charge is -2.42. The fourth-order valence-corrected chi connectivity index (χ4v) is 5.45. The largest absolute Gasteiger partial charge is 0.467 e. The van der Waals surface area contributed by atoms with Crippen LogP contribution in [0.15, 0.2) is 18.6 Å². The summed E-state index contributed by atoms with van der Waals surface area (Å²) in [6.45, 7) is 10.0. The molecule has 2 aliphatic rings. The van der Waals surface area contributed by atoms with Crippen molar-refractivity contribution in [1.82, 2.24) is 24.3 Å². The van der Waals surface area contributed by atoms with E-state index in [1.54, 1.807) is 14.4 Å². The number of nitrogens with zero attached hydrogens (tertiary/aromatic N) is 7. The highest BCUT2D eigenvalue weighted by molar-refractivity contribution is 7.80. The molecule has 0 bridgehead atoms. The predicted molar refractivity (Wildman–Crippen MR) is 150 cm³/mol. The molecule has 0 aliphatic carbocycles. The molecule has 0 saturated carbocycles. The summed E-state index contributed by atoms with van der Waals surface area (Å²) in [6.07, 6.45) is 4.98. The summed E-state index contributed by atoms with van der Waals surface area (Å²) in [5, 5.41) is 10.1. The van der Waals surface area contributed by atoms with Crippen molar-refractivity contribution in [3.63, 3.8) is 0 Å². The molecular formula is C27H37N7O4S. The van der Waals surface area contributed by atoms with Gasteiger partial charge in [-0.25, -0.2) is 14.8 Å². The van der Waals surface area contributed by atoms with E-state index >= 15 is 0 Å². The molecule has 0 radical (unpaired) electrons. The fraction of sp³-hybridized carbons (Fsp3) is 0.630. The minimum Gasteiger partial charge on any atom is -0.467 e. The first-order valence-electron chi connectivity index (χ1n) is 13.4. The Kier molecular flexibility index (Phi) is 8.59. The van der Waals surface area contributed by atoms with Gasteiger partial charge in [-0.2, -0.15) is 5.26 Å². The summed E-state index contributed by atoms with van der Waals surface area (Å²) < 4.78 is 13.4. The first-order valence-corrected chi connectivity index (χ1v) is 13.8. The van der Waals surface area contributed by atoms with E-state index in [9.17, 15) is 9.59 Å². The predicted octanol–water partition coefficient (Wildman–Crippen LogP) is 3.57. The second-order valence-corrected chi connectivity index (χ2v) is 11.6. The summed E-state index contributed by atoms with van der Waals surface area (Å²) in [4.78, 5) is 39.4. The zero-order valence-electron chi connectivity index (χ0n) is 23.3. The number of carbonyl (C=O) groups is 2. The number of aromatic nitrogens is 3. The molecule has 11 nitrogen and oxygen atoms in total. The fourth-order valence-electron chi connectivity index (χ4n) is 5.16. The van der Waals surface area contributed by atoms with Gasteiger partial charge < -0.3 is 24.2 Å². The molecule has 2 fully saturated rings. The molecular weight excluding hydrogens is 518 g/mol. The molecule has 12 heteroatoms. The number of hydrogen-bond donors (Lipinski definition) is 0. The monoisotopic (exact) mass is 555 g/mol. The zero-order valence-corrected chi connectivity index (χ0v) is 24.1. The summed E-state index contributed by atoms with van der Waals surface area (Å²) in [5.74, 6) is 0.948. The quantitative estimate of drug-likeness (QED) is 0.522. The van der Waals surface area contributed by atoms with Gasteiger partial charge in [0.15, 0.2) is 5.65 Å². The van der Waals surface area contributed by atoms with E-state index in [0.29, 0.717) is 55.8 Å². The van der Waals surface area contributed by atoms with Crippen LogP contribution in [0.4, 0.5) is 10.6 Å². The van der Waals surface area contributed by atoms with Crippen molar-refractivity contribution in [3.8, 4) is 6.07 Å². The number of ether oxygens (including phenoxy) is 2. The van der Waals surface area contributed by atoms with Gasteiger partial charge >= 0.3 is 6.09 Å². The van der Waals surface area contributed by atoms with Crippen LogP contribution in [0.5, 0.6) is 0 Å². The molecule has 0 N–H and O–H groups in total. The van der Waals surface area contributed by atoms with E-state index in [1.165, 1.54) is 6.33 Å². The van der Waals surface area contributed by atoms with Crippen molar-refractivity contribution >= 4 is 46.2 Å². The third-order valence-electron chi connectivity index (χ3n) is 7.35. The molecule has 2 amide bonds. The van der Waals surface area contributed by atoms with Crippen molar-refractivity contribution in [3.05, 3.63) is 18.6 Å². The maximum Gasteiger partial charge on any atom is 0.410 e. The average Bonchev–Trinajstić information content (AvgIpc) is 3.33. The van der Waals surface area contributed by atoms with Crippen LogP contribution < -0.4 is 4.90 Å². The van der Waals surface area contributed by atoms with E-state index in [1.807, 2.05) is 46.2 Å². The number of likely N-dealkylation sites (tertiary alicyclic amines) is 2. The molecule has 2 aromatic rings. The lowest BCUT2D eigenvalue weighted by molar-refractivity contribution is -0.131. The SMILES string of the molecule is C[C@@H]1CCN(C(=O)CC#N)C[C@@H]1N(C)c1ncnc2c1ccn2C(=S)OC1CCN(C(=O)OC(C)(C)C)CC1. The summed E-state index contributed by atoms with van der Waals surface area (Å²) in [6, 6.07) is 3.93. The number of anilines is 1. The molecule has 0 unspecified atom stereocenters. The van der Waals surface area contributed by atoms with Crippen LogP contribution in [0, 0.1) is 17.2 Å². The van der Waals surface area contributed by atoms with E-state index in [0.717, 1.165) is 17.6 Å². The Morgan fingerprint density at radius 2 is 1.87 bits per heavy atom. The average molecular weight is 556 g/mol. The maximum absolute atomic E-state index is 12.4. The van der Waals surface area contributed by atoms with Crippen molar-refractivity contribution in [1.29, 1.82) is 5.26 Å². The van der Waals surface area contributed by atoms with Crippen LogP contribution in [0.2, 0.25) is 0 Å². The van der Waals surface area contributed by atoms with E-state index in [4.69, 9.17) is 27.0 Å². The number of carbonyl (C=O) groups excluding carboxylic acids is 2. The Morgan fingerprint density at radius 3 is 2.54 bits per heavy atom. The molecule has 4 rings (SSSR count). The smallest absolute Gasteiger partial charge is 0.410 e. The standard InChI is InChI=1S/C27H37N7O4S/c1-18-7-12-33(22(35)6-11-28)16-21(18)31(5)23-20-10-15-34(24(20)30-17-29-23)26(39)37-19-8-13-32(14-9-19)25(36)38-27(2,3)4/h10,15,17-19,21H,6-9,12-14,16H2,1-5H3/t18-,21+/m1/s1. The van der Waals surface area contributed by atoms with Crippen LogP contribution in [-0.4, -0.2) is 92.5 Å². The third-order valence-corrected chi connectivity index (χ3v) is 7.64. The summed E-state index contributed by atoms with van der Waals surface area (Å²) >= 11 is 5.65. The van der Waals surface area contributed by atoms with Gasteiger partial charge in [-0.05, 0) is 51.4 Å². The Bertz CT molecular complexity index is 1260. The second kappa shape index (κ2) is 11.7. The van der Waals surface area contributed by atoms with Gasteiger partial charge in [0.05, 0.1) is 17.5 Å². The van der Waals surface area contributed by atoms with Crippen LogP contribution >= 0.6 is 12.2 Å². The first-order chi connectivity index (χ1) is 18.5. The highest BCUT2D eigenvalue weighted by atomic mass is 32.1. The number of likely N-dealkylation sites (N-methyl/N-ethyl adjacent to an activating group) is 1. The molecule has 2 aliphatic heterocycles. The Morgan fingerprint density at radius 1 is 1.18 bits per heavy atom. The highest BCUT2D eigenvalue weighted by Gasteiger charge is 2.33. The van der Waals surface area contributed by atoms with Crippen molar-refractivity contribution < 1.29 is 19.1 Å². The molecule has 39 heavy (non-hydrogen) atoms. The van der Waals surface area contributed by atoms with Crippen molar-refractivity contribution in [2.75, 3.05) is 38.1 Å². The number of hydrogen-bond acceptors (Lipinski definition) is 9. The van der Waals surface area contributed by atoms with Gasteiger partial charge in [0.25, 0.3) is 5.17 Å². The Labute approximate surface area is 234 Å². The summed E-state index contributed by atoms with van der Waals surface area (Å²) in [5.41, 5.74) is 0.114. The van der Waals surface area contributed by atoms with Gasteiger partial charge in [0.1, 0.15) is 30.3 Å². The van der Waals surface area contributed by atoms with E-state index in [2.05, 4.69) is 21.8 Å². The minimum absolute atomic E-state index is 0.0428. The number of piperidine rings is 2. The second-order valence-electron chi connectivity index (χ2n) is 11.3. The topological polar surface area (TPSA) is 117 Å². The van der Waals surface area contributed by atoms with E-state index in [-0.39, 0.29) is 30.6 Å². The minimum atomic E-state index is -0.528. The lowest BCUT2D eigenvalue weighted by Crippen LogP contribution is -2.52. The third kappa shape index (κ3) is 6.58. The van der Waals surface area contributed by atoms with Crippen molar-refractivity contribution in [2.45, 2.75) is 71.1 Å². The van der Waals surface area contributed by atoms with E-state index < -0.39 is 5.60 Å². The molecule has 0 spiro atoms. The Balaban J connectivity index is 1.43. The van der Waals surface area contributed by atoms with Crippen LogP contribution in [0.3, 0.4) is 0 Å². The molecule has 2 saturated heterocycles. The first kappa shape index (κ1) is 28.5. The van der Waals surface area contributed by atoms with Gasteiger partial charge in [0, 0.05) is 52.3 Å². The van der Waals surface area contributed by atoms with Gasteiger partial charge in [-0.15, -0.1) is 0 Å². The van der Waals surface area contributed by atoms with Crippen LogP contribution in [0.25, 0.3) is 11.0 Å². The molecule has 4 heterocycles. The highest BCUT2D eigenvalue weighted by Crippen LogP contribution is 2.30. The number of thiocarbonyl (C=S) groups is 1. The number of rotatable bonds is 4. The molecule has 210 valence electrons.